The SMILES string of the molecule is CN(C)[C@@H]1C(O)=C(C(N)=O)C(=O)[C@@]2(O)C(O)=C3C(=O)c4c(O)c5c(c(F)c4C[C@H]3C[C@@H]12)C(N1CCCC1)CCN5. The Kier molecular flexibility index (Phi) is 6.02. The van der Waals surface area contributed by atoms with Crippen LogP contribution >= 0.6 is 0 Å². The van der Waals surface area contributed by atoms with Crippen molar-refractivity contribution in [1.82, 2.24) is 9.80 Å². The van der Waals surface area contributed by atoms with E-state index in [1.807, 2.05) is 0 Å². The number of aromatic hydroxyl groups is 1. The molecule has 0 bridgehead atoms. The number of halogens is 1. The summed E-state index contributed by atoms with van der Waals surface area (Å²) < 4.78 is 16.4. The van der Waals surface area contributed by atoms with Gasteiger partial charge in [-0.3, -0.25) is 24.2 Å². The zero-order chi connectivity index (χ0) is 28.8. The first-order chi connectivity index (χ1) is 18.9. The molecular weight excluding hydrogens is 523 g/mol. The average molecular weight is 557 g/mol. The molecule has 0 spiro atoms. The third-order valence-corrected chi connectivity index (χ3v) is 9.50. The molecule has 11 nitrogen and oxygen atoms in total. The summed E-state index contributed by atoms with van der Waals surface area (Å²) >= 11 is 0. The number of anilines is 1. The molecule has 1 fully saturated rings. The lowest BCUT2D eigenvalue weighted by Gasteiger charge is -2.50. The van der Waals surface area contributed by atoms with Crippen LogP contribution in [0.2, 0.25) is 0 Å². The number of likely N-dealkylation sites (N-methyl/N-ethyl adjacent to an activating group) is 1. The number of Topliss-reactive ketones (excluding diaryl/α,β-unsaturated/α-hetero) is 2. The van der Waals surface area contributed by atoms with E-state index in [0.717, 1.165) is 25.9 Å². The van der Waals surface area contributed by atoms with Gasteiger partial charge in [-0.05, 0) is 65.2 Å². The minimum Gasteiger partial charge on any atom is -0.510 e. The normalized spacial score (nSPS) is 32.0. The van der Waals surface area contributed by atoms with E-state index in [-0.39, 0.29) is 41.3 Å². The highest BCUT2D eigenvalue weighted by Gasteiger charge is 2.63. The van der Waals surface area contributed by atoms with Crippen LogP contribution in [-0.2, 0) is 16.0 Å². The lowest BCUT2D eigenvalue weighted by molar-refractivity contribution is -0.148. The molecule has 1 unspecified atom stereocenters. The predicted molar refractivity (Wildman–Crippen MR) is 140 cm³/mol. The Morgan fingerprint density at radius 2 is 1.85 bits per heavy atom. The average Bonchev–Trinajstić information content (AvgIpc) is 3.43. The van der Waals surface area contributed by atoms with Gasteiger partial charge in [0, 0.05) is 35.2 Å². The van der Waals surface area contributed by atoms with E-state index in [0.29, 0.717) is 18.5 Å². The van der Waals surface area contributed by atoms with Crippen molar-refractivity contribution >= 4 is 23.2 Å². The highest BCUT2D eigenvalue weighted by molar-refractivity contribution is 6.25. The maximum Gasteiger partial charge on any atom is 0.255 e. The molecule has 1 aromatic rings. The number of nitrogens with one attached hydrogen (secondary N) is 1. The highest BCUT2D eigenvalue weighted by Crippen LogP contribution is 2.54. The number of phenolic OH excluding ortho intramolecular Hbond substituents is 1. The molecule has 5 aliphatic rings. The summed E-state index contributed by atoms with van der Waals surface area (Å²) in [4.78, 5) is 43.1. The van der Waals surface area contributed by atoms with Crippen LogP contribution in [-0.4, -0.2) is 93.1 Å². The second-order valence-electron chi connectivity index (χ2n) is 11.7. The summed E-state index contributed by atoms with van der Waals surface area (Å²) in [6.45, 7) is 2.10. The molecule has 1 aromatic carbocycles. The molecule has 12 heteroatoms. The van der Waals surface area contributed by atoms with Crippen molar-refractivity contribution in [1.29, 1.82) is 0 Å². The number of nitrogens with zero attached hydrogens (tertiary/aromatic N) is 2. The first-order valence-corrected chi connectivity index (χ1v) is 13.6. The zero-order valence-corrected chi connectivity index (χ0v) is 22.3. The van der Waals surface area contributed by atoms with Gasteiger partial charge in [0.25, 0.3) is 5.91 Å². The molecule has 5 atom stereocenters. The Labute approximate surface area is 229 Å². The predicted octanol–water partition coefficient (Wildman–Crippen LogP) is 1.21. The number of hydrogen-bond donors (Lipinski definition) is 6. The smallest absolute Gasteiger partial charge is 0.255 e. The number of aliphatic hydroxyl groups is 3. The Balaban J connectivity index is 1.53. The van der Waals surface area contributed by atoms with E-state index in [4.69, 9.17) is 5.73 Å². The minimum absolute atomic E-state index is 0.0299. The number of ketones is 2. The molecule has 40 heavy (non-hydrogen) atoms. The van der Waals surface area contributed by atoms with Crippen LogP contribution < -0.4 is 11.1 Å². The van der Waals surface area contributed by atoms with Crippen molar-refractivity contribution in [2.24, 2.45) is 17.6 Å². The summed E-state index contributed by atoms with van der Waals surface area (Å²) in [6.07, 6.45) is 2.48. The fraction of sp³-hybridized carbons (Fsp3) is 0.536. The van der Waals surface area contributed by atoms with Crippen LogP contribution in [0.4, 0.5) is 10.1 Å². The number of carbonyl (C=O) groups is 3. The van der Waals surface area contributed by atoms with E-state index < -0.39 is 69.6 Å². The second-order valence-corrected chi connectivity index (χ2v) is 11.7. The number of benzene rings is 1. The van der Waals surface area contributed by atoms with E-state index >= 15 is 4.39 Å². The summed E-state index contributed by atoms with van der Waals surface area (Å²) in [5.41, 5.74) is 1.64. The number of aliphatic hydroxyl groups excluding tert-OH is 2. The lowest BCUT2D eigenvalue weighted by Crippen LogP contribution is -2.63. The molecule has 3 aliphatic carbocycles. The molecule has 0 saturated carbocycles. The van der Waals surface area contributed by atoms with Gasteiger partial charge in [0.05, 0.1) is 17.3 Å². The van der Waals surface area contributed by atoms with Gasteiger partial charge in [0.1, 0.15) is 22.9 Å². The number of phenols is 1. The van der Waals surface area contributed by atoms with Gasteiger partial charge in [-0.15, -0.1) is 0 Å². The monoisotopic (exact) mass is 556 g/mol. The summed E-state index contributed by atoms with van der Waals surface area (Å²) in [5.74, 6) is -8.08. The van der Waals surface area contributed by atoms with Crippen molar-refractivity contribution in [3.05, 3.63) is 45.2 Å². The number of primary amides is 1. The van der Waals surface area contributed by atoms with Crippen molar-refractivity contribution in [3.63, 3.8) is 0 Å². The Morgan fingerprint density at radius 3 is 2.48 bits per heavy atom. The molecule has 0 aromatic heterocycles. The van der Waals surface area contributed by atoms with E-state index in [2.05, 4.69) is 10.2 Å². The maximum absolute atomic E-state index is 16.4. The highest BCUT2D eigenvalue weighted by atomic mass is 19.1. The summed E-state index contributed by atoms with van der Waals surface area (Å²) in [5, 5.41) is 48.3. The first-order valence-electron chi connectivity index (χ1n) is 13.6. The van der Waals surface area contributed by atoms with Gasteiger partial charge in [0.2, 0.25) is 5.78 Å². The van der Waals surface area contributed by atoms with Crippen LogP contribution in [0.3, 0.4) is 0 Å². The third-order valence-electron chi connectivity index (χ3n) is 9.50. The van der Waals surface area contributed by atoms with Crippen LogP contribution in [0.1, 0.15) is 53.2 Å². The van der Waals surface area contributed by atoms with E-state index in [1.165, 1.54) is 4.90 Å². The quantitative estimate of drug-likeness (QED) is 0.234. The van der Waals surface area contributed by atoms with E-state index in [1.54, 1.807) is 14.1 Å². The molecule has 2 heterocycles. The van der Waals surface area contributed by atoms with Crippen molar-refractivity contribution < 1.29 is 39.2 Å². The van der Waals surface area contributed by atoms with Gasteiger partial charge in [-0.1, -0.05) is 0 Å². The van der Waals surface area contributed by atoms with Gasteiger partial charge in [0.15, 0.2) is 17.1 Å². The number of hydrogen-bond acceptors (Lipinski definition) is 10. The number of amides is 1. The summed E-state index contributed by atoms with van der Waals surface area (Å²) in [7, 11) is 3.12. The molecule has 0 radical (unpaired) electrons. The van der Waals surface area contributed by atoms with Crippen molar-refractivity contribution in [3.8, 4) is 5.75 Å². The Hall–Kier alpha value is -3.48. The maximum atomic E-state index is 16.4. The number of carbonyl (C=O) groups excluding carboxylic acids is 3. The molecule has 1 amide bonds. The van der Waals surface area contributed by atoms with Gasteiger partial charge in [-0.2, -0.15) is 0 Å². The topological polar surface area (TPSA) is 177 Å². The summed E-state index contributed by atoms with van der Waals surface area (Å²) in [6, 6.07) is -1.36. The van der Waals surface area contributed by atoms with Crippen molar-refractivity contribution in [2.75, 3.05) is 39.0 Å². The molecule has 7 N–H and O–H groups in total. The largest absolute Gasteiger partial charge is 0.510 e. The van der Waals surface area contributed by atoms with E-state index in [9.17, 15) is 34.8 Å². The van der Waals surface area contributed by atoms with Crippen molar-refractivity contribution in [2.45, 2.75) is 49.8 Å². The Morgan fingerprint density at radius 1 is 1.18 bits per heavy atom. The van der Waals surface area contributed by atoms with Gasteiger partial charge < -0.3 is 31.5 Å². The first kappa shape index (κ1) is 26.7. The molecule has 214 valence electrons. The standard InChI is InChI=1S/C28H33FN4O7/c1-32(2)21-13-10-11-9-12-16(22(34)15(11)25(37)28(13,40)26(38)18(24(21)36)27(30)39)23(35)20-17(19(12)29)14(5-6-31-20)33-7-3-4-8-33/h11,13-14,21,31,35-37,40H,3-10H2,1-2H3,(H2,30,39)/t11-,13-,14?,21-,28-/m0/s1. The van der Waals surface area contributed by atoms with Crippen LogP contribution in [0, 0.1) is 17.7 Å². The fourth-order valence-electron chi connectivity index (χ4n) is 7.75. The van der Waals surface area contributed by atoms with Gasteiger partial charge >= 0.3 is 0 Å². The molecule has 6 rings (SSSR count). The van der Waals surface area contributed by atoms with Crippen LogP contribution in [0.5, 0.6) is 5.75 Å². The number of rotatable bonds is 3. The molecule has 2 aliphatic heterocycles. The fourth-order valence-corrected chi connectivity index (χ4v) is 7.75. The third kappa shape index (κ3) is 3.36. The molecular formula is C28H33FN4O7. The van der Waals surface area contributed by atoms with Crippen LogP contribution in [0.25, 0.3) is 0 Å². The minimum atomic E-state index is -2.73. The second kappa shape index (κ2) is 9.02. The Bertz CT molecular complexity index is 1430. The number of allylic oxidation sites excluding steroid dienone is 1. The number of likely N-dealkylation sites (tertiary alicyclic amines) is 1. The lowest BCUT2D eigenvalue weighted by atomic mass is 9.58. The molecule has 1 saturated heterocycles. The number of fused-ring (bicyclic) bond motifs is 4. The van der Waals surface area contributed by atoms with Crippen LogP contribution in [0.15, 0.2) is 22.7 Å². The number of nitrogens with two attached hydrogens (primary N) is 1. The zero-order valence-electron chi connectivity index (χ0n) is 22.3. The van der Waals surface area contributed by atoms with Gasteiger partial charge in [-0.25, -0.2) is 4.39 Å².